The average Bonchev–Trinajstić information content (AvgIpc) is 3.42. The third-order valence-corrected chi connectivity index (χ3v) is 7.47. The van der Waals surface area contributed by atoms with Gasteiger partial charge >= 0.3 is 0 Å². The molecule has 0 saturated heterocycles. The number of aliphatic hydroxyl groups excluding tert-OH is 1. The second-order valence-corrected chi connectivity index (χ2v) is 12.0. The Bertz CT molecular complexity index is 1440. The van der Waals surface area contributed by atoms with E-state index >= 15 is 0 Å². The van der Waals surface area contributed by atoms with Gasteiger partial charge in [-0.25, -0.2) is 0 Å². The molecule has 2 aromatic heterocycles. The highest BCUT2D eigenvalue weighted by Gasteiger charge is 2.11. The molecular weight excluding hydrogens is 562 g/mol. The van der Waals surface area contributed by atoms with Gasteiger partial charge in [0, 0.05) is 13.0 Å². The van der Waals surface area contributed by atoms with E-state index in [0.717, 1.165) is 53.1 Å². The summed E-state index contributed by atoms with van der Waals surface area (Å²) in [6, 6.07) is 21.0. The lowest BCUT2D eigenvalue weighted by molar-refractivity contribution is -0.116. The van der Waals surface area contributed by atoms with E-state index in [2.05, 4.69) is 50.2 Å². The van der Waals surface area contributed by atoms with Crippen LogP contribution in [0, 0.1) is 5.92 Å². The van der Waals surface area contributed by atoms with E-state index in [1.165, 1.54) is 11.3 Å². The highest BCUT2D eigenvalue weighted by atomic mass is 32.1. The molecule has 4 N–H and O–H groups in total. The van der Waals surface area contributed by atoms with Gasteiger partial charge in [0.2, 0.25) is 16.9 Å². The Morgan fingerprint density at radius 3 is 2.28 bits per heavy atom. The number of rotatable bonds is 16. The predicted octanol–water partition coefficient (Wildman–Crippen LogP) is 4.71. The average molecular weight is 602 g/mol. The number of aryl methyl sites for hydroxylation is 2. The molecule has 0 radical (unpaired) electrons. The molecule has 0 aliphatic heterocycles. The quantitative estimate of drug-likeness (QED) is 0.107. The van der Waals surface area contributed by atoms with Crippen molar-refractivity contribution in [3.63, 3.8) is 0 Å². The zero-order chi connectivity index (χ0) is 30.4. The van der Waals surface area contributed by atoms with E-state index in [9.17, 15) is 14.7 Å². The maximum absolute atomic E-state index is 12.6. The SMILES string of the molecule is CC(C)CC(O)NCc1cccc(CC(=O)Nc2nnc(CCCCc3ccc(NC(=O)Cc4ccccc4)nn3)s2)c1. The second kappa shape index (κ2) is 16.5. The Labute approximate surface area is 256 Å². The van der Waals surface area contributed by atoms with E-state index in [1.54, 1.807) is 6.07 Å². The van der Waals surface area contributed by atoms with Crippen molar-refractivity contribution in [3.05, 3.63) is 94.1 Å². The number of amides is 2. The van der Waals surface area contributed by atoms with Crippen molar-refractivity contribution in [1.29, 1.82) is 0 Å². The first-order valence-electron chi connectivity index (χ1n) is 14.6. The number of hydrogen-bond acceptors (Lipinski definition) is 9. The van der Waals surface area contributed by atoms with Crippen LogP contribution >= 0.6 is 11.3 Å². The largest absolute Gasteiger partial charge is 0.379 e. The van der Waals surface area contributed by atoms with Crippen LogP contribution in [0.15, 0.2) is 66.7 Å². The summed E-state index contributed by atoms with van der Waals surface area (Å²) >= 11 is 1.39. The van der Waals surface area contributed by atoms with Gasteiger partial charge in [0.05, 0.1) is 18.5 Å². The van der Waals surface area contributed by atoms with Gasteiger partial charge in [-0.2, -0.15) is 5.10 Å². The van der Waals surface area contributed by atoms with Gasteiger partial charge in [-0.15, -0.1) is 15.3 Å². The first-order chi connectivity index (χ1) is 20.8. The van der Waals surface area contributed by atoms with Gasteiger partial charge in [-0.1, -0.05) is 79.8 Å². The van der Waals surface area contributed by atoms with Crippen molar-refractivity contribution < 1.29 is 14.7 Å². The summed E-state index contributed by atoms with van der Waals surface area (Å²) in [5, 5.41) is 36.9. The lowest BCUT2D eigenvalue weighted by atomic mass is 10.1. The highest BCUT2D eigenvalue weighted by molar-refractivity contribution is 7.15. The molecule has 0 saturated carbocycles. The minimum Gasteiger partial charge on any atom is -0.379 e. The standard InChI is InChI=1S/C32H39N7O3S/c1-22(2)17-28(40)33-21-25-12-8-11-24(18-25)20-30(42)35-32-39-38-31(43-32)14-7-6-13-26-15-16-27(37-36-26)34-29(41)19-23-9-4-3-5-10-23/h3-5,8-12,15-16,18,22,28,33,40H,6-7,13-14,17,19-21H2,1-2H3,(H,34,37,41)(H,35,39,42). The summed E-state index contributed by atoms with van der Waals surface area (Å²) in [6.45, 7) is 4.68. The van der Waals surface area contributed by atoms with Gasteiger partial charge in [0.25, 0.3) is 0 Å². The molecule has 0 aliphatic carbocycles. The Hall–Kier alpha value is -4.06. The highest BCUT2D eigenvalue weighted by Crippen LogP contribution is 2.18. The maximum Gasteiger partial charge on any atom is 0.230 e. The van der Waals surface area contributed by atoms with Crippen molar-refractivity contribution in [2.24, 2.45) is 5.92 Å². The third kappa shape index (κ3) is 11.6. The molecule has 226 valence electrons. The van der Waals surface area contributed by atoms with Crippen LogP contribution < -0.4 is 16.0 Å². The second-order valence-electron chi connectivity index (χ2n) is 10.9. The molecule has 2 aromatic carbocycles. The summed E-state index contributed by atoms with van der Waals surface area (Å²) in [5.41, 5.74) is 3.71. The molecule has 1 unspecified atom stereocenters. The summed E-state index contributed by atoms with van der Waals surface area (Å²) in [4.78, 5) is 24.8. The number of benzene rings is 2. The van der Waals surface area contributed by atoms with Crippen molar-refractivity contribution in [2.45, 2.75) is 71.6 Å². The summed E-state index contributed by atoms with van der Waals surface area (Å²) in [6.07, 6.45) is 3.97. The van der Waals surface area contributed by atoms with Crippen molar-refractivity contribution in [1.82, 2.24) is 25.7 Å². The van der Waals surface area contributed by atoms with Gasteiger partial charge in [-0.05, 0) is 60.4 Å². The van der Waals surface area contributed by atoms with E-state index < -0.39 is 6.23 Å². The molecule has 43 heavy (non-hydrogen) atoms. The predicted molar refractivity (Wildman–Crippen MR) is 168 cm³/mol. The molecule has 4 aromatic rings. The molecule has 0 aliphatic rings. The Kier molecular flexibility index (Phi) is 12.3. The van der Waals surface area contributed by atoms with Crippen LogP contribution in [-0.4, -0.2) is 43.5 Å². The molecule has 10 nitrogen and oxygen atoms in total. The van der Waals surface area contributed by atoms with Crippen molar-refractivity contribution >= 4 is 34.1 Å². The zero-order valence-corrected chi connectivity index (χ0v) is 25.4. The number of nitrogens with one attached hydrogen (secondary N) is 3. The lowest BCUT2D eigenvalue weighted by Gasteiger charge is -2.15. The van der Waals surface area contributed by atoms with E-state index in [1.807, 2.05) is 60.7 Å². The minimum absolute atomic E-state index is 0.128. The number of hydrogen-bond donors (Lipinski definition) is 4. The van der Waals surface area contributed by atoms with Gasteiger partial charge in [0.15, 0.2) is 5.82 Å². The monoisotopic (exact) mass is 601 g/mol. The Morgan fingerprint density at radius 1 is 0.791 bits per heavy atom. The summed E-state index contributed by atoms with van der Waals surface area (Å²) in [5.74, 6) is 0.572. The number of anilines is 2. The molecule has 0 fully saturated rings. The Morgan fingerprint density at radius 2 is 1.51 bits per heavy atom. The van der Waals surface area contributed by atoms with Crippen LogP contribution in [0.25, 0.3) is 0 Å². The first kappa shape index (κ1) is 31.9. The van der Waals surface area contributed by atoms with Gasteiger partial charge in [-0.3, -0.25) is 14.9 Å². The maximum atomic E-state index is 12.6. The zero-order valence-electron chi connectivity index (χ0n) is 24.6. The van der Waals surface area contributed by atoms with Gasteiger partial charge < -0.3 is 15.7 Å². The molecule has 4 rings (SSSR count). The molecule has 2 heterocycles. The van der Waals surface area contributed by atoms with E-state index in [0.29, 0.717) is 29.8 Å². The molecule has 11 heteroatoms. The number of nitrogens with zero attached hydrogens (tertiary/aromatic N) is 4. The summed E-state index contributed by atoms with van der Waals surface area (Å²) in [7, 11) is 0. The lowest BCUT2D eigenvalue weighted by Crippen LogP contribution is -2.29. The van der Waals surface area contributed by atoms with E-state index in [4.69, 9.17) is 0 Å². The van der Waals surface area contributed by atoms with Crippen LogP contribution in [0.2, 0.25) is 0 Å². The fraction of sp³-hybridized carbons (Fsp3) is 0.375. The van der Waals surface area contributed by atoms with Gasteiger partial charge in [0.1, 0.15) is 11.2 Å². The number of carbonyl (C=O) groups is 2. The van der Waals surface area contributed by atoms with Crippen LogP contribution in [0.3, 0.4) is 0 Å². The fourth-order valence-corrected chi connectivity index (χ4v) is 5.28. The molecule has 2 amide bonds. The van der Waals surface area contributed by atoms with Crippen molar-refractivity contribution in [2.75, 3.05) is 10.6 Å². The molecule has 0 spiro atoms. The number of unbranched alkanes of at least 4 members (excludes halogenated alkanes) is 1. The first-order valence-corrected chi connectivity index (χ1v) is 15.4. The van der Waals surface area contributed by atoms with Crippen LogP contribution in [-0.2, 0) is 41.8 Å². The summed E-state index contributed by atoms with van der Waals surface area (Å²) < 4.78 is 0. The van der Waals surface area contributed by atoms with Crippen LogP contribution in [0.5, 0.6) is 0 Å². The van der Waals surface area contributed by atoms with E-state index in [-0.39, 0.29) is 24.7 Å². The Balaban J connectivity index is 1.13. The van der Waals surface area contributed by atoms with Crippen molar-refractivity contribution in [3.8, 4) is 0 Å². The van der Waals surface area contributed by atoms with Crippen LogP contribution in [0.4, 0.5) is 10.9 Å². The topological polar surface area (TPSA) is 142 Å². The third-order valence-electron chi connectivity index (χ3n) is 6.57. The fourth-order valence-electron chi connectivity index (χ4n) is 4.48. The molecule has 1 atom stereocenters. The smallest absolute Gasteiger partial charge is 0.230 e. The normalized spacial score (nSPS) is 11.8. The molecular formula is C32H39N7O3S. The number of carbonyl (C=O) groups excluding carboxylic acids is 2. The number of aliphatic hydroxyl groups is 1. The molecule has 0 bridgehead atoms. The number of aromatic nitrogens is 4. The van der Waals surface area contributed by atoms with Crippen LogP contribution in [0.1, 0.15) is 60.5 Å². The minimum atomic E-state index is -0.551.